The number of aryl methyl sites for hydroxylation is 1. The number of halogens is 1. The van der Waals surface area contributed by atoms with Gasteiger partial charge in [-0.3, -0.25) is 0 Å². The van der Waals surface area contributed by atoms with E-state index in [2.05, 4.69) is 28.7 Å². The molecule has 0 bridgehead atoms. The number of ether oxygens (including phenoxy) is 1. The second-order valence-corrected chi connectivity index (χ2v) is 6.89. The first-order chi connectivity index (χ1) is 13.5. The zero-order valence-corrected chi connectivity index (χ0v) is 17.0. The minimum absolute atomic E-state index is 0.250. The van der Waals surface area contributed by atoms with Crippen LogP contribution < -0.4 is 0 Å². The number of benzene rings is 1. The van der Waals surface area contributed by atoms with E-state index in [1.165, 1.54) is 7.11 Å². The molecule has 3 rings (SSSR count). The van der Waals surface area contributed by atoms with Crippen LogP contribution in [-0.4, -0.2) is 27.6 Å². The van der Waals surface area contributed by atoms with E-state index in [0.29, 0.717) is 17.2 Å². The van der Waals surface area contributed by atoms with Gasteiger partial charge in [0.1, 0.15) is 11.3 Å². The number of rotatable bonds is 5. The lowest BCUT2D eigenvalue weighted by Gasteiger charge is -2.09. The van der Waals surface area contributed by atoms with Gasteiger partial charge in [-0.2, -0.15) is 0 Å². The molecular formula is C22H22ClN3O2. The van der Waals surface area contributed by atoms with Gasteiger partial charge in [0.2, 0.25) is 0 Å². The number of esters is 1. The third kappa shape index (κ3) is 4.35. The lowest BCUT2D eigenvalue weighted by molar-refractivity contribution is 0.0594. The molecule has 3 aromatic rings. The second-order valence-electron chi connectivity index (χ2n) is 6.49. The Balaban J connectivity index is 1.90. The van der Waals surface area contributed by atoms with Crippen LogP contribution in [-0.2, 0) is 11.3 Å². The average molecular weight is 396 g/mol. The third-order valence-corrected chi connectivity index (χ3v) is 4.80. The Labute approximate surface area is 169 Å². The Morgan fingerprint density at radius 1 is 1.25 bits per heavy atom. The van der Waals surface area contributed by atoms with Gasteiger partial charge in [0.15, 0.2) is 11.3 Å². The Morgan fingerprint density at radius 3 is 2.79 bits per heavy atom. The average Bonchev–Trinajstić information content (AvgIpc) is 3.01. The maximum atomic E-state index is 11.8. The lowest BCUT2D eigenvalue weighted by Crippen LogP contribution is -2.07. The molecule has 5 nitrogen and oxygen atoms in total. The summed E-state index contributed by atoms with van der Waals surface area (Å²) >= 11 is 6.50. The largest absolute Gasteiger partial charge is 0.464 e. The van der Waals surface area contributed by atoms with E-state index < -0.39 is 5.97 Å². The van der Waals surface area contributed by atoms with E-state index >= 15 is 0 Å². The van der Waals surface area contributed by atoms with Crippen LogP contribution in [0.5, 0.6) is 0 Å². The Morgan fingerprint density at radius 2 is 2.07 bits per heavy atom. The van der Waals surface area contributed by atoms with E-state index in [9.17, 15) is 4.79 Å². The van der Waals surface area contributed by atoms with Gasteiger partial charge in [0.05, 0.1) is 13.7 Å². The number of carbonyl (C=O) groups is 1. The minimum atomic E-state index is -0.476. The molecule has 2 aromatic heterocycles. The van der Waals surface area contributed by atoms with Gasteiger partial charge >= 0.3 is 5.97 Å². The smallest absolute Gasteiger partial charge is 0.356 e. The van der Waals surface area contributed by atoms with Gasteiger partial charge in [-0.05, 0) is 43.2 Å². The summed E-state index contributed by atoms with van der Waals surface area (Å²) in [6.07, 6.45) is 3.13. The lowest BCUT2D eigenvalue weighted by atomic mass is 10.1. The monoisotopic (exact) mass is 395 g/mol. The number of hydrogen-bond donors (Lipinski definition) is 0. The molecule has 144 valence electrons. The molecule has 0 unspecified atom stereocenters. The van der Waals surface area contributed by atoms with E-state index in [-0.39, 0.29) is 5.69 Å². The van der Waals surface area contributed by atoms with Crippen molar-refractivity contribution in [1.82, 2.24) is 14.5 Å². The van der Waals surface area contributed by atoms with Crippen molar-refractivity contribution in [1.29, 1.82) is 0 Å². The van der Waals surface area contributed by atoms with Crippen LogP contribution in [0.25, 0.3) is 11.2 Å². The van der Waals surface area contributed by atoms with Crippen LogP contribution >= 0.6 is 11.6 Å². The van der Waals surface area contributed by atoms with E-state index in [4.69, 9.17) is 16.3 Å². The zero-order valence-electron chi connectivity index (χ0n) is 16.3. The normalized spacial score (nSPS) is 10.6. The van der Waals surface area contributed by atoms with E-state index in [1.807, 2.05) is 29.7 Å². The Kier molecular flexibility index (Phi) is 6.33. The van der Waals surface area contributed by atoms with Gasteiger partial charge in [0.25, 0.3) is 0 Å². The van der Waals surface area contributed by atoms with Crippen LogP contribution in [0, 0.1) is 18.8 Å². The zero-order chi connectivity index (χ0) is 20.1. The molecule has 0 amide bonds. The number of pyridine rings is 1. The standard InChI is InChI=1S/C22H22ClN3O2/c1-4-5-6-7-8-16-9-10-17(18(23)13-16)14-26-15(2)24-19-11-12-20(22(27)28-3)25-21(19)26/h9-13H,4-6,14H2,1-3H3. The molecule has 0 N–H and O–H groups in total. The number of aromatic nitrogens is 3. The van der Waals surface area contributed by atoms with Gasteiger partial charge in [0, 0.05) is 17.0 Å². The summed E-state index contributed by atoms with van der Waals surface area (Å²) < 4.78 is 6.70. The summed E-state index contributed by atoms with van der Waals surface area (Å²) in [4.78, 5) is 20.8. The van der Waals surface area contributed by atoms with Crippen LogP contribution in [0.1, 0.15) is 53.6 Å². The van der Waals surface area contributed by atoms with Crippen LogP contribution in [0.3, 0.4) is 0 Å². The molecule has 0 saturated carbocycles. The van der Waals surface area contributed by atoms with Gasteiger partial charge in [-0.1, -0.05) is 42.9 Å². The van der Waals surface area contributed by atoms with Crippen molar-refractivity contribution in [2.45, 2.75) is 39.7 Å². The summed E-state index contributed by atoms with van der Waals surface area (Å²) in [5.74, 6) is 6.65. The van der Waals surface area contributed by atoms with Gasteiger partial charge < -0.3 is 9.30 Å². The number of fused-ring (bicyclic) bond motifs is 1. The fourth-order valence-corrected chi connectivity index (χ4v) is 3.12. The Hall–Kier alpha value is -2.84. The molecule has 0 saturated heterocycles. The summed E-state index contributed by atoms with van der Waals surface area (Å²) in [6.45, 7) is 4.56. The molecule has 0 aliphatic heterocycles. The SMILES string of the molecule is CCCCC#Cc1ccc(Cn2c(C)nc3ccc(C(=O)OC)nc32)c(Cl)c1. The maximum absolute atomic E-state index is 11.8. The molecule has 0 aliphatic carbocycles. The van der Waals surface area contributed by atoms with E-state index in [0.717, 1.165) is 41.7 Å². The highest BCUT2D eigenvalue weighted by Gasteiger charge is 2.15. The number of unbranched alkanes of at least 4 members (excludes halogenated alkanes) is 2. The summed E-state index contributed by atoms with van der Waals surface area (Å²) in [5.41, 5.74) is 3.44. The molecule has 0 spiro atoms. The molecule has 0 radical (unpaired) electrons. The number of imidazole rings is 1. The molecule has 0 atom stereocenters. The van der Waals surface area contributed by atoms with Crippen molar-refractivity contribution in [2.75, 3.05) is 7.11 Å². The minimum Gasteiger partial charge on any atom is -0.464 e. The van der Waals surface area contributed by atoms with Crippen molar-refractivity contribution < 1.29 is 9.53 Å². The quantitative estimate of drug-likeness (QED) is 0.354. The molecular weight excluding hydrogens is 374 g/mol. The Bertz CT molecular complexity index is 1080. The summed E-state index contributed by atoms with van der Waals surface area (Å²) in [5, 5.41) is 0.646. The number of nitrogens with zero attached hydrogens (tertiary/aromatic N) is 3. The predicted octanol–water partition coefficient (Wildman–Crippen LogP) is 4.77. The highest BCUT2D eigenvalue weighted by atomic mass is 35.5. The van der Waals surface area contributed by atoms with Crippen molar-refractivity contribution in [3.8, 4) is 11.8 Å². The predicted molar refractivity (Wildman–Crippen MR) is 111 cm³/mol. The van der Waals surface area contributed by atoms with Gasteiger partial charge in [-0.25, -0.2) is 14.8 Å². The van der Waals surface area contributed by atoms with Crippen molar-refractivity contribution in [2.24, 2.45) is 0 Å². The first-order valence-electron chi connectivity index (χ1n) is 9.23. The summed E-state index contributed by atoms with van der Waals surface area (Å²) in [7, 11) is 1.34. The number of carbonyl (C=O) groups excluding carboxylic acids is 1. The number of hydrogen-bond acceptors (Lipinski definition) is 4. The highest BCUT2D eigenvalue weighted by Crippen LogP contribution is 2.22. The topological polar surface area (TPSA) is 57.0 Å². The molecule has 2 heterocycles. The highest BCUT2D eigenvalue weighted by molar-refractivity contribution is 6.31. The second kappa shape index (κ2) is 8.90. The van der Waals surface area contributed by atoms with Crippen LogP contribution in [0.15, 0.2) is 30.3 Å². The van der Waals surface area contributed by atoms with Gasteiger partial charge in [-0.15, -0.1) is 0 Å². The van der Waals surface area contributed by atoms with Crippen molar-refractivity contribution in [3.63, 3.8) is 0 Å². The molecule has 0 fully saturated rings. The third-order valence-electron chi connectivity index (χ3n) is 4.45. The molecule has 0 aliphatic rings. The fourth-order valence-electron chi connectivity index (χ4n) is 2.88. The first-order valence-corrected chi connectivity index (χ1v) is 9.60. The fraction of sp³-hybridized carbons (Fsp3) is 0.318. The van der Waals surface area contributed by atoms with Crippen molar-refractivity contribution >= 4 is 28.7 Å². The first kappa shape index (κ1) is 19.9. The molecule has 1 aromatic carbocycles. The van der Waals surface area contributed by atoms with E-state index in [1.54, 1.807) is 12.1 Å². The molecule has 28 heavy (non-hydrogen) atoms. The number of methoxy groups -OCH3 is 1. The van der Waals surface area contributed by atoms with Crippen molar-refractivity contribution in [3.05, 3.63) is 58.0 Å². The van der Waals surface area contributed by atoms with Crippen LogP contribution in [0.2, 0.25) is 5.02 Å². The molecule has 6 heteroatoms. The van der Waals surface area contributed by atoms with Crippen LogP contribution in [0.4, 0.5) is 0 Å². The maximum Gasteiger partial charge on any atom is 0.356 e. The summed E-state index contributed by atoms with van der Waals surface area (Å²) in [6, 6.07) is 9.22.